The molecule has 1 aromatic carbocycles. The molecule has 1 saturated heterocycles. The lowest BCUT2D eigenvalue weighted by molar-refractivity contribution is 0.0109. The van der Waals surface area contributed by atoms with Crippen LogP contribution in [0, 0.1) is 0 Å². The average molecular weight is 322 g/mol. The van der Waals surface area contributed by atoms with Crippen molar-refractivity contribution in [3.63, 3.8) is 0 Å². The van der Waals surface area contributed by atoms with E-state index in [1.165, 1.54) is 6.07 Å². The summed E-state index contributed by atoms with van der Waals surface area (Å²) in [4.78, 5) is 12.0. The fourth-order valence-corrected chi connectivity index (χ4v) is 2.69. The smallest absolute Gasteiger partial charge is 0.412 e. The zero-order chi connectivity index (χ0) is 17.1. The molecule has 1 amide bonds. The monoisotopic (exact) mass is 322 g/mol. The third-order valence-electron chi connectivity index (χ3n) is 3.78. The zero-order valence-electron chi connectivity index (χ0n) is 14.0. The average Bonchev–Trinajstić information content (AvgIpc) is 2.40. The maximum atomic E-state index is 12.0. The summed E-state index contributed by atoms with van der Waals surface area (Å²) < 4.78 is 5.26. The van der Waals surface area contributed by atoms with Crippen LogP contribution >= 0.6 is 0 Å². The lowest BCUT2D eigenvalue weighted by Crippen LogP contribution is -2.43. The topological polar surface area (TPSA) is 90.8 Å². The van der Waals surface area contributed by atoms with E-state index >= 15 is 0 Å². The van der Waals surface area contributed by atoms with Crippen LogP contribution in [0.25, 0.3) is 0 Å². The molecular weight excluding hydrogens is 296 g/mol. The Hall–Kier alpha value is -1.79. The van der Waals surface area contributed by atoms with E-state index in [9.17, 15) is 15.0 Å². The van der Waals surface area contributed by atoms with E-state index in [0.717, 1.165) is 13.1 Å². The second-order valence-corrected chi connectivity index (χ2v) is 7.12. The number of amides is 1. The predicted molar refractivity (Wildman–Crippen MR) is 88.7 cm³/mol. The quantitative estimate of drug-likeness (QED) is 0.642. The number of aliphatic hydroxyl groups is 1. The van der Waals surface area contributed by atoms with E-state index in [1.54, 1.807) is 32.9 Å². The molecule has 1 aliphatic heterocycles. The summed E-state index contributed by atoms with van der Waals surface area (Å²) in [5.74, 6) is 0.104. The van der Waals surface area contributed by atoms with Gasteiger partial charge in [0.15, 0.2) is 0 Å². The molecule has 0 spiro atoms. The number of rotatable bonds is 3. The lowest BCUT2D eigenvalue weighted by Gasteiger charge is -2.33. The van der Waals surface area contributed by atoms with E-state index in [1.807, 2.05) is 0 Å². The molecule has 0 aromatic heterocycles. The molecule has 0 radical (unpaired) electrons. The Morgan fingerprint density at radius 1 is 1.35 bits per heavy atom. The van der Waals surface area contributed by atoms with E-state index in [-0.39, 0.29) is 5.75 Å². The molecule has 6 heteroatoms. The maximum Gasteiger partial charge on any atom is 0.412 e. The normalized spacial score (nSPS) is 17.6. The number of phenolic OH excluding ortho intramolecular Hbond substituents is 1. The van der Waals surface area contributed by atoms with E-state index < -0.39 is 17.3 Å². The van der Waals surface area contributed by atoms with Gasteiger partial charge in [-0.15, -0.1) is 0 Å². The van der Waals surface area contributed by atoms with Gasteiger partial charge >= 0.3 is 6.09 Å². The van der Waals surface area contributed by atoms with Gasteiger partial charge in [0, 0.05) is 12.1 Å². The van der Waals surface area contributed by atoms with Crippen LogP contribution in [0.15, 0.2) is 18.2 Å². The molecule has 1 aromatic rings. The van der Waals surface area contributed by atoms with E-state index in [4.69, 9.17) is 4.74 Å². The van der Waals surface area contributed by atoms with Crippen molar-refractivity contribution in [2.24, 2.45) is 0 Å². The highest BCUT2D eigenvalue weighted by Crippen LogP contribution is 2.30. The van der Waals surface area contributed by atoms with Crippen molar-refractivity contribution < 1.29 is 19.7 Å². The number of hydrogen-bond acceptors (Lipinski definition) is 5. The van der Waals surface area contributed by atoms with Crippen molar-refractivity contribution in [2.75, 3.05) is 18.4 Å². The fraction of sp³-hybridized carbons (Fsp3) is 0.588. The van der Waals surface area contributed by atoms with Crippen LogP contribution in [0.3, 0.4) is 0 Å². The van der Waals surface area contributed by atoms with Crippen molar-refractivity contribution in [2.45, 2.75) is 51.2 Å². The summed E-state index contributed by atoms with van der Waals surface area (Å²) in [6.45, 7) is 6.89. The van der Waals surface area contributed by atoms with Crippen LogP contribution < -0.4 is 10.6 Å². The minimum absolute atomic E-state index is 0.104. The van der Waals surface area contributed by atoms with Gasteiger partial charge in [0.1, 0.15) is 11.4 Å². The minimum atomic E-state index is -0.830. The molecule has 1 aliphatic rings. The number of carbonyl (C=O) groups is 1. The Kier molecular flexibility index (Phi) is 5.16. The van der Waals surface area contributed by atoms with E-state index in [2.05, 4.69) is 10.6 Å². The third kappa shape index (κ3) is 5.41. The molecule has 0 bridgehead atoms. The standard InChI is InChI=1S/C17H26N2O4/c1-16(2,3)23-15(21)19-14-5-4-13(20)10-12(14)11-17(22)6-8-18-9-7-17/h4-5,10,18,20,22H,6-9,11H2,1-3H3,(H,19,21). The molecular formula is C17H26N2O4. The van der Waals surface area contributed by atoms with E-state index in [0.29, 0.717) is 30.5 Å². The number of nitrogens with one attached hydrogen (secondary N) is 2. The largest absolute Gasteiger partial charge is 0.508 e. The summed E-state index contributed by atoms with van der Waals surface area (Å²) in [5, 5.41) is 26.3. The third-order valence-corrected chi connectivity index (χ3v) is 3.78. The van der Waals surface area contributed by atoms with Crippen molar-refractivity contribution >= 4 is 11.8 Å². The van der Waals surface area contributed by atoms with Crippen LogP contribution in [0.2, 0.25) is 0 Å². The molecule has 0 unspecified atom stereocenters. The molecule has 1 heterocycles. The molecule has 0 saturated carbocycles. The second kappa shape index (κ2) is 6.76. The number of carbonyl (C=O) groups excluding carboxylic acids is 1. The highest BCUT2D eigenvalue weighted by molar-refractivity contribution is 5.86. The summed E-state index contributed by atoms with van der Waals surface area (Å²) in [5.41, 5.74) is -0.179. The Morgan fingerprint density at radius 2 is 2.00 bits per heavy atom. The van der Waals surface area contributed by atoms with Gasteiger partial charge in [0.25, 0.3) is 0 Å². The molecule has 1 fully saturated rings. The van der Waals surface area contributed by atoms with Crippen LogP contribution in [0.4, 0.5) is 10.5 Å². The van der Waals surface area contributed by atoms with Crippen molar-refractivity contribution in [3.05, 3.63) is 23.8 Å². The van der Waals surface area contributed by atoms with Gasteiger partial charge in [-0.1, -0.05) is 0 Å². The van der Waals surface area contributed by atoms with Crippen LogP contribution in [0.1, 0.15) is 39.2 Å². The summed E-state index contributed by atoms with van der Waals surface area (Å²) >= 11 is 0. The number of benzene rings is 1. The molecule has 128 valence electrons. The molecule has 23 heavy (non-hydrogen) atoms. The van der Waals surface area contributed by atoms with Gasteiger partial charge in [-0.25, -0.2) is 4.79 Å². The summed E-state index contributed by atoms with van der Waals surface area (Å²) in [6.07, 6.45) is 1.08. The number of aromatic hydroxyl groups is 1. The van der Waals surface area contributed by atoms with Gasteiger partial charge in [-0.2, -0.15) is 0 Å². The highest BCUT2D eigenvalue weighted by Gasteiger charge is 2.30. The van der Waals surface area contributed by atoms with Gasteiger partial charge in [0.05, 0.1) is 5.60 Å². The molecule has 0 atom stereocenters. The Morgan fingerprint density at radius 3 is 2.61 bits per heavy atom. The first-order valence-electron chi connectivity index (χ1n) is 7.92. The van der Waals surface area contributed by atoms with Crippen molar-refractivity contribution in [1.82, 2.24) is 5.32 Å². The van der Waals surface area contributed by atoms with Gasteiger partial charge in [-0.05, 0) is 70.5 Å². The summed E-state index contributed by atoms with van der Waals surface area (Å²) in [6, 6.07) is 4.70. The van der Waals surface area contributed by atoms with Gasteiger partial charge < -0.3 is 20.3 Å². The fourth-order valence-electron chi connectivity index (χ4n) is 2.69. The molecule has 0 aliphatic carbocycles. The number of hydrogen-bond donors (Lipinski definition) is 4. The number of ether oxygens (including phenoxy) is 1. The first kappa shape index (κ1) is 17.6. The number of piperidine rings is 1. The Labute approximate surface area is 136 Å². The van der Waals surface area contributed by atoms with Gasteiger partial charge in [-0.3, -0.25) is 5.32 Å². The molecule has 6 nitrogen and oxygen atoms in total. The number of anilines is 1. The number of phenols is 1. The van der Waals surface area contributed by atoms with Crippen LogP contribution in [-0.4, -0.2) is 40.6 Å². The first-order chi connectivity index (χ1) is 10.7. The van der Waals surface area contributed by atoms with Crippen molar-refractivity contribution in [3.8, 4) is 5.75 Å². The van der Waals surface area contributed by atoms with Crippen LogP contribution in [0.5, 0.6) is 5.75 Å². The molecule has 4 N–H and O–H groups in total. The SMILES string of the molecule is CC(C)(C)OC(=O)Nc1ccc(O)cc1CC1(O)CCNCC1. The van der Waals surface area contributed by atoms with Crippen LogP contribution in [-0.2, 0) is 11.2 Å². The Balaban J connectivity index is 2.15. The summed E-state index contributed by atoms with van der Waals surface area (Å²) in [7, 11) is 0. The molecule has 2 rings (SSSR count). The Bertz CT molecular complexity index is 560. The minimum Gasteiger partial charge on any atom is -0.508 e. The maximum absolute atomic E-state index is 12.0. The van der Waals surface area contributed by atoms with Gasteiger partial charge in [0.2, 0.25) is 0 Å². The van der Waals surface area contributed by atoms with Crippen molar-refractivity contribution in [1.29, 1.82) is 0 Å². The predicted octanol–water partition coefficient (Wildman–Crippen LogP) is 2.40. The second-order valence-electron chi connectivity index (χ2n) is 7.12. The zero-order valence-corrected chi connectivity index (χ0v) is 14.0. The first-order valence-corrected chi connectivity index (χ1v) is 7.92. The lowest BCUT2D eigenvalue weighted by atomic mass is 9.85. The highest BCUT2D eigenvalue weighted by atomic mass is 16.6.